The van der Waals surface area contributed by atoms with Crippen LogP contribution in [0.15, 0.2) is 78.9 Å². The number of rotatable bonds is 12. The summed E-state index contributed by atoms with van der Waals surface area (Å²) in [5.74, 6) is 1.13. The van der Waals surface area contributed by atoms with Crippen molar-refractivity contribution in [2.75, 3.05) is 20.8 Å². The van der Waals surface area contributed by atoms with Crippen LogP contribution in [0.1, 0.15) is 25.0 Å². The molecule has 7 nitrogen and oxygen atoms in total. The molecule has 0 aliphatic heterocycles. The maximum Gasteiger partial charge on any atom is 0.261 e. The van der Waals surface area contributed by atoms with Crippen LogP contribution in [0.25, 0.3) is 0 Å². The molecule has 1 atom stereocenters. The molecule has 0 aliphatic rings. The van der Waals surface area contributed by atoms with Crippen molar-refractivity contribution >= 4 is 11.8 Å². The molecule has 0 spiro atoms. The van der Waals surface area contributed by atoms with Gasteiger partial charge in [0.05, 0.1) is 14.2 Å². The van der Waals surface area contributed by atoms with E-state index in [1.54, 1.807) is 31.3 Å². The Kier molecular flexibility index (Phi) is 9.74. The van der Waals surface area contributed by atoms with E-state index in [-0.39, 0.29) is 31.0 Å². The second-order valence-corrected chi connectivity index (χ2v) is 8.68. The smallest absolute Gasteiger partial charge is 0.261 e. The van der Waals surface area contributed by atoms with Crippen LogP contribution < -0.4 is 19.5 Å². The van der Waals surface area contributed by atoms with E-state index in [2.05, 4.69) is 5.32 Å². The van der Waals surface area contributed by atoms with Gasteiger partial charge in [0.25, 0.3) is 5.91 Å². The van der Waals surface area contributed by atoms with E-state index in [1.165, 1.54) is 0 Å². The third-order valence-corrected chi connectivity index (χ3v) is 5.61. The van der Waals surface area contributed by atoms with E-state index in [0.717, 1.165) is 11.1 Å². The van der Waals surface area contributed by atoms with E-state index in [4.69, 9.17) is 14.2 Å². The lowest BCUT2D eigenvalue weighted by Crippen LogP contribution is -2.52. The predicted octanol–water partition coefficient (Wildman–Crippen LogP) is 4.25. The van der Waals surface area contributed by atoms with E-state index in [9.17, 15) is 9.59 Å². The molecule has 0 heterocycles. The van der Waals surface area contributed by atoms with Crippen molar-refractivity contribution in [3.8, 4) is 17.2 Å². The van der Waals surface area contributed by atoms with Crippen molar-refractivity contribution in [3.05, 3.63) is 90.0 Å². The van der Waals surface area contributed by atoms with Crippen molar-refractivity contribution in [1.82, 2.24) is 10.2 Å². The molecular weight excluding hydrogens is 456 g/mol. The lowest BCUT2D eigenvalue weighted by Gasteiger charge is -2.32. The molecule has 0 saturated carbocycles. The fourth-order valence-corrected chi connectivity index (χ4v) is 3.86. The highest BCUT2D eigenvalue weighted by molar-refractivity contribution is 5.88. The van der Waals surface area contributed by atoms with Crippen LogP contribution in [0.3, 0.4) is 0 Å². The minimum absolute atomic E-state index is 0.0747. The highest BCUT2D eigenvalue weighted by Crippen LogP contribution is 2.26. The van der Waals surface area contributed by atoms with Gasteiger partial charge in [-0.15, -0.1) is 0 Å². The van der Waals surface area contributed by atoms with Crippen LogP contribution >= 0.6 is 0 Å². The Morgan fingerprint density at radius 3 is 2.17 bits per heavy atom. The number of hydrogen-bond acceptors (Lipinski definition) is 5. The summed E-state index contributed by atoms with van der Waals surface area (Å²) in [7, 11) is 3.14. The number of para-hydroxylation sites is 2. The van der Waals surface area contributed by atoms with Crippen LogP contribution in [0.5, 0.6) is 17.2 Å². The van der Waals surface area contributed by atoms with E-state index < -0.39 is 6.04 Å². The van der Waals surface area contributed by atoms with Gasteiger partial charge in [-0.05, 0) is 49.2 Å². The van der Waals surface area contributed by atoms with Crippen LogP contribution in [-0.4, -0.2) is 49.6 Å². The van der Waals surface area contributed by atoms with Crippen LogP contribution in [0.4, 0.5) is 0 Å². The number of nitrogens with zero attached hydrogens (tertiary/aromatic N) is 1. The normalized spacial score (nSPS) is 11.5. The summed E-state index contributed by atoms with van der Waals surface area (Å²) in [5.41, 5.74) is 1.80. The number of benzene rings is 3. The maximum absolute atomic E-state index is 13.6. The second-order valence-electron chi connectivity index (χ2n) is 8.68. The molecule has 0 aromatic heterocycles. The zero-order chi connectivity index (χ0) is 25.9. The van der Waals surface area contributed by atoms with Gasteiger partial charge in [0, 0.05) is 19.0 Å². The Bertz CT molecular complexity index is 1130. The predicted molar refractivity (Wildman–Crippen MR) is 139 cm³/mol. The van der Waals surface area contributed by atoms with Gasteiger partial charge in [0.2, 0.25) is 5.91 Å². The molecule has 7 heteroatoms. The minimum atomic E-state index is -0.741. The van der Waals surface area contributed by atoms with Gasteiger partial charge in [0.15, 0.2) is 18.1 Å². The molecule has 3 aromatic carbocycles. The molecule has 3 aromatic rings. The Labute approximate surface area is 213 Å². The molecule has 0 bridgehead atoms. The van der Waals surface area contributed by atoms with Gasteiger partial charge in [-0.3, -0.25) is 9.59 Å². The quantitative estimate of drug-likeness (QED) is 0.411. The molecule has 0 radical (unpaired) electrons. The number of nitrogens with one attached hydrogen (secondary N) is 1. The summed E-state index contributed by atoms with van der Waals surface area (Å²) >= 11 is 0. The zero-order valence-corrected chi connectivity index (χ0v) is 21.3. The third kappa shape index (κ3) is 7.50. The molecule has 36 heavy (non-hydrogen) atoms. The van der Waals surface area contributed by atoms with E-state index >= 15 is 0 Å². The van der Waals surface area contributed by atoms with Crippen molar-refractivity contribution < 1.29 is 23.8 Å². The lowest BCUT2D eigenvalue weighted by atomic mass is 10.0. The SMILES string of the molecule is COc1cccc(CN(C(=O)COc2ccccc2OC)[C@@H](Cc2ccccc2)C(=O)NC(C)C)c1. The summed E-state index contributed by atoms with van der Waals surface area (Å²) < 4.78 is 16.5. The van der Waals surface area contributed by atoms with E-state index in [0.29, 0.717) is 23.7 Å². The Hall–Kier alpha value is -4.00. The molecule has 1 N–H and O–H groups in total. The van der Waals surface area contributed by atoms with Crippen molar-refractivity contribution in [1.29, 1.82) is 0 Å². The van der Waals surface area contributed by atoms with Gasteiger partial charge in [-0.1, -0.05) is 54.6 Å². The standard InChI is InChI=1S/C29H34N2O5/c1-21(2)30-29(33)25(18-22-11-6-5-7-12-22)31(19-23-13-10-14-24(17-23)34-3)28(32)20-36-27-16-9-8-15-26(27)35-4/h5-17,21,25H,18-20H2,1-4H3,(H,30,33)/t25-/m0/s1. The zero-order valence-electron chi connectivity index (χ0n) is 21.3. The molecule has 0 aliphatic carbocycles. The topological polar surface area (TPSA) is 77.1 Å². The number of carbonyl (C=O) groups is 2. The maximum atomic E-state index is 13.6. The summed E-state index contributed by atoms with van der Waals surface area (Å²) in [6.07, 6.45) is 0.365. The summed E-state index contributed by atoms with van der Waals surface area (Å²) in [6, 6.07) is 23.5. The highest BCUT2D eigenvalue weighted by Gasteiger charge is 2.31. The summed E-state index contributed by atoms with van der Waals surface area (Å²) in [5, 5.41) is 2.98. The average Bonchev–Trinajstić information content (AvgIpc) is 2.89. The molecule has 3 rings (SSSR count). The van der Waals surface area contributed by atoms with Crippen molar-refractivity contribution in [3.63, 3.8) is 0 Å². The minimum Gasteiger partial charge on any atom is -0.497 e. The lowest BCUT2D eigenvalue weighted by molar-refractivity contribution is -0.143. The Morgan fingerprint density at radius 2 is 1.50 bits per heavy atom. The first-order valence-corrected chi connectivity index (χ1v) is 11.9. The average molecular weight is 491 g/mol. The van der Waals surface area contributed by atoms with E-state index in [1.807, 2.05) is 80.6 Å². The fraction of sp³-hybridized carbons (Fsp3) is 0.310. The van der Waals surface area contributed by atoms with Gasteiger partial charge in [-0.25, -0.2) is 0 Å². The molecule has 0 unspecified atom stereocenters. The molecule has 0 fully saturated rings. The van der Waals surface area contributed by atoms with Crippen LogP contribution in [0, 0.1) is 0 Å². The molecule has 2 amide bonds. The third-order valence-electron chi connectivity index (χ3n) is 5.61. The summed E-state index contributed by atoms with van der Waals surface area (Å²) in [4.78, 5) is 28.6. The number of hydrogen-bond donors (Lipinski definition) is 1. The van der Waals surface area contributed by atoms with Gasteiger partial charge >= 0.3 is 0 Å². The van der Waals surface area contributed by atoms with Gasteiger partial charge < -0.3 is 24.4 Å². The number of carbonyl (C=O) groups excluding carboxylic acids is 2. The monoisotopic (exact) mass is 490 g/mol. The van der Waals surface area contributed by atoms with Gasteiger partial charge in [0.1, 0.15) is 11.8 Å². The molecule has 190 valence electrons. The van der Waals surface area contributed by atoms with Crippen molar-refractivity contribution in [2.24, 2.45) is 0 Å². The number of methoxy groups -OCH3 is 2. The van der Waals surface area contributed by atoms with Crippen LogP contribution in [0.2, 0.25) is 0 Å². The first-order chi connectivity index (χ1) is 17.4. The van der Waals surface area contributed by atoms with Gasteiger partial charge in [-0.2, -0.15) is 0 Å². The fourth-order valence-electron chi connectivity index (χ4n) is 3.86. The second kappa shape index (κ2) is 13.2. The largest absolute Gasteiger partial charge is 0.497 e. The van der Waals surface area contributed by atoms with Crippen molar-refractivity contribution in [2.45, 2.75) is 38.9 Å². The van der Waals surface area contributed by atoms with Crippen LogP contribution in [-0.2, 0) is 22.6 Å². The number of ether oxygens (including phenoxy) is 3. The first-order valence-electron chi connectivity index (χ1n) is 11.9. The summed E-state index contributed by atoms with van der Waals surface area (Å²) in [6.45, 7) is 3.77. The molecular formula is C29H34N2O5. The Morgan fingerprint density at radius 1 is 0.833 bits per heavy atom. The highest BCUT2D eigenvalue weighted by atomic mass is 16.5. The number of amides is 2. The first kappa shape index (κ1) is 26.6. The Balaban J connectivity index is 1.93. The molecule has 0 saturated heterocycles.